The summed E-state index contributed by atoms with van der Waals surface area (Å²) >= 11 is 4.71. The van der Waals surface area contributed by atoms with E-state index in [0.717, 1.165) is 10.0 Å². The summed E-state index contributed by atoms with van der Waals surface area (Å²) in [6, 6.07) is 14.5. The van der Waals surface area contributed by atoms with E-state index in [0.29, 0.717) is 22.1 Å². The zero-order valence-corrected chi connectivity index (χ0v) is 15.2. The number of halogens is 1. The highest BCUT2D eigenvalue weighted by Crippen LogP contribution is 2.28. The summed E-state index contributed by atoms with van der Waals surface area (Å²) in [6.07, 6.45) is 0. The first-order chi connectivity index (χ1) is 12.1. The van der Waals surface area contributed by atoms with E-state index >= 15 is 0 Å². The van der Waals surface area contributed by atoms with E-state index < -0.39 is 0 Å². The lowest BCUT2D eigenvalue weighted by molar-refractivity contribution is 0.0684. The van der Waals surface area contributed by atoms with Gasteiger partial charge < -0.3 is 0 Å². The van der Waals surface area contributed by atoms with Crippen molar-refractivity contribution in [1.29, 1.82) is 0 Å². The molecule has 124 valence electrons. The van der Waals surface area contributed by atoms with Gasteiger partial charge in [-0.3, -0.25) is 19.6 Å². The first-order valence-electron chi connectivity index (χ1n) is 7.40. The van der Waals surface area contributed by atoms with Gasteiger partial charge >= 0.3 is 0 Å². The Morgan fingerprint density at radius 1 is 0.960 bits per heavy atom. The highest BCUT2D eigenvalue weighted by Gasteiger charge is 2.35. The molecule has 2 aromatic carbocycles. The molecule has 6 nitrogen and oxygen atoms in total. The summed E-state index contributed by atoms with van der Waals surface area (Å²) in [5.41, 5.74) is 1.77. The molecular weight excluding hydrogens is 404 g/mol. The molecule has 1 aliphatic heterocycles. The number of aromatic amines is 1. The number of carbonyl (C=O) groups excluding carboxylic acids is 2. The average molecular weight is 415 g/mol. The molecule has 0 saturated heterocycles. The maximum Gasteiger partial charge on any atom is 0.262 e. The first-order valence-corrected chi connectivity index (χ1v) is 9.18. The van der Waals surface area contributed by atoms with Gasteiger partial charge in [0.25, 0.3) is 11.8 Å². The zero-order valence-electron chi connectivity index (χ0n) is 12.8. The quantitative estimate of drug-likeness (QED) is 0.521. The molecule has 25 heavy (non-hydrogen) atoms. The maximum absolute atomic E-state index is 12.3. The Bertz CT molecular complexity index is 953. The molecule has 0 spiro atoms. The number of nitrogens with one attached hydrogen (secondary N) is 1. The Balaban J connectivity index is 1.49. The Morgan fingerprint density at radius 3 is 2.20 bits per heavy atom. The van der Waals surface area contributed by atoms with E-state index in [1.807, 2.05) is 24.3 Å². The monoisotopic (exact) mass is 414 g/mol. The number of thioether (sulfide) groups is 1. The lowest BCUT2D eigenvalue weighted by atomic mass is 10.1. The van der Waals surface area contributed by atoms with Gasteiger partial charge in [-0.1, -0.05) is 58.0 Å². The Hall–Kier alpha value is -2.45. The largest absolute Gasteiger partial charge is 0.269 e. The molecule has 2 heterocycles. The molecule has 0 unspecified atom stereocenters. The number of imide groups is 1. The van der Waals surface area contributed by atoms with Gasteiger partial charge in [0.05, 0.1) is 17.0 Å². The van der Waals surface area contributed by atoms with Crippen LogP contribution in [0.1, 0.15) is 20.7 Å². The summed E-state index contributed by atoms with van der Waals surface area (Å²) in [4.78, 5) is 30.3. The van der Waals surface area contributed by atoms with Gasteiger partial charge in [0.15, 0.2) is 5.82 Å². The van der Waals surface area contributed by atoms with Crippen LogP contribution < -0.4 is 0 Å². The molecule has 0 radical (unpaired) electrons. The molecular formula is C17H11BrN4O2S. The van der Waals surface area contributed by atoms with E-state index in [9.17, 15) is 9.59 Å². The van der Waals surface area contributed by atoms with Crippen LogP contribution in [0.3, 0.4) is 0 Å². The SMILES string of the molecule is O=C1c2ccccc2C(=O)N1CSc1n[nH]c(-c2ccccc2Br)n1. The highest BCUT2D eigenvalue weighted by atomic mass is 79.9. The van der Waals surface area contributed by atoms with Crippen molar-refractivity contribution in [3.05, 3.63) is 64.1 Å². The van der Waals surface area contributed by atoms with Crippen molar-refractivity contribution >= 4 is 39.5 Å². The van der Waals surface area contributed by atoms with E-state index in [1.54, 1.807) is 24.3 Å². The van der Waals surface area contributed by atoms with E-state index in [2.05, 4.69) is 31.1 Å². The normalized spacial score (nSPS) is 13.4. The van der Waals surface area contributed by atoms with Gasteiger partial charge in [-0.15, -0.1) is 5.10 Å². The molecule has 1 aromatic heterocycles. The summed E-state index contributed by atoms with van der Waals surface area (Å²) < 4.78 is 0.906. The van der Waals surface area contributed by atoms with E-state index in [4.69, 9.17) is 0 Å². The maximum atomic E-state index is 12.3. The van der Waals surface area contributed by atoms with Gasteiger partial charge in [-0.2, -0.15) is 0 Å². The van der Waals surface area contributed by atoms with E-state index in [1.165, 1.54) is 16.7 Å². The number of amides is 2. The predicted octanol–water partition coefficient (Wildman–Crippen LogP) is 3.58. The minimum Gasteiger partial charge on any atom is -0.269 e. The van der Waals surface area contributed by atoms with E-state index in [-0.39, 0.29) is 17.7 Å². The highest BCUT2D eigenvalue weighted by molar-refractivity contribution is 9.10. The topological polar surface area (TPSA) is 79.0 Å². The van der Waals surface area contributed by atoms with Crippen LogP contribution in [-0.2, 0) is 0 Å². The number of hydrogen-bond donors (Lipinski definition) is 1. The third kappa shape index (κ3) is 2.87. The second kappa shape index (κ2) is 6.45. The first kappa shape index (κ1) is 16.0. The van der Waals surface area contributed by atoms with Crippen LogP contribution in [0.25, 0.3) is 11.4 Å². The molecule has 0 fully saturated rings. The third-order valence-corrected chi connectivity index (χ3v) is 5.31. The Morgan fingerprint density at radius 2 is 1.56 bits per heavy atom. The van der Waals surface area contributed by atoms with Crippen molar-refractivity contribution in [3.8, 4) is 11.4 Å². The molecule has 1 aliphatic rings. The van der Waals surface area contributed by atoms with Gasteiger partial charge in [0, 0.05) is 10.0 Å². The molecule has 4 rings (SSSR count). The van der Waals surface area contributed by atoms with Crippen molar-refractivity contribution in [1.82, 2.24) is 20.1 Å². The van der Waals surface area contributed by atoms with Crippen molar-refractivity contribution in [2.45, 2.75) is 5.16 Å². The lowest BCUT2D eigenvalue weighted by Crippen LogP contribution is -2.29. The molecule has 0 atom stereocenters. The van der Waals surface area contributed by atoms with Crippen molar-refractivity contribution in [2.75, 3.05) is 5.88 Å². The van der Waals surface area contributed by atoms with Crippen LogP contribution in [0.4, 0.5) is 0 Å². The van der Waals surface area contributed by atoms with Crippen LogP contribution in [-0.4, -0.2) is 37.8 Å². The molecule has 1 N–H and O–H groups in total. The number of nitrogens with zero attached hydrogens (tertiary/aromatic N) is 3. The number of aromatic nitrogens is 3. The lowest BCUT2D eigenvalue weighted by Gasteiger charge is -2.11. The number of H-pyrrole nitrogens is 1. The number of benzene rings is 2. The standard InChI is InChI=1S/C17H11BrN4O2S/c18-13-8-4-3-7-12(13)14-19-17(21-20-14)25-9-22-15(23)10-5-1-2-6-11(10)16(22)24/h1-8H,9H2,(H,19,20,21). The van der Waals surface area contributed by atoms with Crippen LogP contribution >= 0.6 is 27.7 Å². The third-order valence-electron chi connectivity index (χ3n) is 3.79. The van der Waals surface area contributed by atoms with Crippen LogP contribution in [0.15, 0.2) is 58.2 Å². The number of fused-ring (bicyclic) bond motifs is 1. The fourth-order valence-corrected chi connectivity index (χ4v) is 3.78. The van der Waals surface area contributed by atoms with Gasteiger partial charge in [0.1, 0.15) is 0 Å². The number of carbonyl (C=O) groups is 2. The minimum atomic E-state index is -0.283. The fraction of sp³-hybridized carbons (Fsp3) is 0.0588. The molecule has 3 aromatic rings. The molecule has 0 bridgehead atoms. The van der Waals surface area contributed by atoms with Gasteiger partial charge in [0.2, 0.25) is 5.16 Å². The molecule has 0 aliphatic carbocycles. The Kier molecular flexibility index (Phi) is 4.14. The predicted molar refractivity (Wildman–Crippen MR) is 97.2 cm³/mol. The van der Waals surface area contributed by atoms with Crippen LogP contribution in [0.2, 0.25) is 0 Å². The summed E-state index contributed by atoms with van der Waals surface area (Å²) in [7, 11) is 0. The Labute approximate surface area is 155 Å². The molecule has 2 amide bonds. The molecule has 0 saturated carbocycles. The van der Waals surface area contributed by atoms with Gasteiger partial charge in [-0.05, 0) is 18.2 Å². The zero-order chi connectivity index (χ0) is 17.4. The van der Waals surface area contributed by atoms with Crippen molar-refractivity contribution < 1.29 is 9.59 Å². The second-order valence-electron chi connectivity index (χ2n) is 5.30. The number of hydrogen-bond acceptors (Lipinski definition) is 5. The summed E-state index contributed by atoms with van der Waals surface area (Å²) in [6.45, 7) is 0. The van der Waals surface area contributed by atoms with Crippen molar-refractivity contribution in [3.63, 3.8) is 0 Å². The average Bonchev–Trinajstić information content (AvgIpc) is 3.19. The number of rotatable bonds is 4. The second-order valence-corrected chi connectivity index (χ2v) is 7.07. The smallest absolute Gasteiger partial charge is 0.262 e. The van der Waals surface area contributed by atoms with Crippen LogP contribution in [0, 0.1) is 0 Å². The summed E-state index contributed by atoms with van der Waals surface area (Å²) in [5, 5.41) is 7.50. The fourth-order valence-electron chi connectivity index (χ4n) is 2.56. The van der Waals surface area contributed by atoms with Gasteiger partial charge in [-0.25, -0.2) is 4.98 Å². The minimum absolute atomic E-state index is 0.166. The summed E-state index contributed by atoms with van der Waals surface area (Å²) in [5.74, 6) is 0.223. The van der Waals surface area contributed by atoms with Crippen LogP contribution in [0.5, 0.6) is 0 Å². The molecule has 8 heteroatoms. The van der Waals surface area contributed by atoms with Crippen molar-refractivity contribution in [2.24, 2.45) is 0 Å².